The molecular formula is C30H42FN5O3. The SMILES string of the molecule is C[C@@H]1CN(CC(=O)N2CC(C)(C)c3c2cc(Cc2ccc(F)cc2)c(=O)n3C)[C@@H](CN2CCOC[C@H]2C)CN1. The molecule has 0 radical (unpaired) electrons. The molecule has 1 amide bonds. The molecule has 9 heteroatoms. The first-order chi connectivity index (χ1) is 18.5. The van der Waals surface area contributed by atoms with Crippen LogP contribution in [0.3, 0.4) is 0 Å². The number of morpholine rings is 1. The molecule has 39 heavy (non-hydrogen) atoms. The van der Waals surface area contributed by atoms with Crippen LogP contribution in [0.5, 0.6) is 0 Å². The highest BCUT2D eigenvalue weighted by Crippen LogP contribution is 2.40. The summed E-state index contributed by atoms with van der Waals surface area (Å²) in [5.74, 6) is -0.245. The minimum absolute atomic E-state index is 0.0577. The van der Waals surface area contributed by atoms with Crippen LogP contribution in [0, 0.1) is 5.82 Å². The summed E-state index contributed by atoms with van der Waals surface area (Å²) in [6, 6.07) is 9.02. The molecule has 1 N–H and O–H groups in total. The van der Waals surface area contributed by atoms with E-state index in [1.165, 1.54) is 12.1 Å². The Morgan fingerprint density at radius 1 is 1.18 bits per heavy atom. The van der Waals surface area contributed by atoms with E-state index in [2.05, 4.69) is 42.8 Å². The second-order valence-electron chi connectivity index (χ2n) is 12.2. The first-order valence-corrected chi connectivity index (χ1v) is 14.1. The van der Waals surface area contributed by atoms with Crippen LogP contribution in [-0.2, 0) is 28.4 Å². The third kappa shape index (κ3) is 5.82. The fraction of sp³-hybridized carbons (Fsp3) is 0.600. The maximum Gasteiger partial charge on any atom is 0.254 e. The Labute approximate surface area is 230 Å². The molecule has 5 rings (SSSR count). The van der Waals surface area contributed by atoms with Crippen molar-refractivity contribution in [3.05, 3.63) is 63.3 Å². The first-order valence-electron chi connectivity index (χ1n) is 14.1. The van der Waals surface area contributed by atoms with Crippen molar-refractivity contribution in [3.63, 3.8) is 0 Å². The highest BCUT2D eigenvalue weighted by molar-refractivity contribution is 5.97. The third-order valence-electron chi connectivity index (χ3n) is 8.58. The van der Waals surface area contributed by atoms with Gasteiger partial charge in [0.1, 0.15) is 5.82 Å². The van der Waals surface area contributed by atoms with Crippen molar-refractivity contribution < 1.29 is 13.9 Å². The van der Waals surface area contributed by atoms with Gasteiger partial charge in [0.05, 0.1) is 31.1 Å². The van der Waals surface area contributed by atoms with Crippen LogP contribution in [-0.4, -0.2) is 90.9 Å². The lowest BCUT2D eigenvalue weighted by Gasteiger charge is -2.43. The lowest BCUT2D eigenvalue weighted by atomic mass is 9.90. The van der Waals surface area contributed by atoms with Gasteiger partial charge in [-0.05, 0) is 37.6 Å². The Morgan fingerprint density at radius 3 is 2.64 bits per heavy atom. The van der Waals surface area contributed by atoms with Gasteiger partial charge in [-0.1, -0.05) is 26.0 Å². The van der Waals surface area contributed by atoms with E-state index in [0.29, 0.717) is 37.2 Å². The minimum atomic E-state index is -0.354. The van der Waals surface area contributed by atoms with Gasteiger partial charge in [-0.3, -0.25) is 19.4 Å². The number of benzene rings is 1. The first kappa shape index (κ1) is 28.0. The number of rotatable bonds is 6. The number of piperazine rings is 1. The van der Waals surface area contributed by atoms with Crippen molar-refractivity contribution in [2.24, 2.45) is 7.05 Å². The van der Waals surface area contributed by atoms with Crippen LogP contribution in [0.1, 0.15) is 44.5 Å². The lowest BCUT2D eigenvalue weighted by molar-refractivity contribution is -0.121. The molecule has 0 bridgehead atoms. The van der Waals surface area contributed by atoms with E-state index in [1.807, 2.05) is 11.0 Å². The van der Waals surface area contributed by atoms with Crippen molar-refractivity contribution >= 4 is 11.6 Å². The van der Waals surface area contributed by atoms with Gasteiger partial charge in [-0.25, -0.2) is 4.39 Å². The maximum atomic E-state index is 14.0. The normalized spacial score (nSPS) is 25.6. The molecule has 0 spiro atoms. The van der Waals surface area contributed by atoms with Gasteiger partial charge >= 0.3 is 0 Å². The number of nitrogens with zero attached hydrogens (tertiary/aromatic N) is 4. The predicted molar refractivity (Wildman–Crippen MR) is 151 cm³/mol. The summed E-state index contributed by atoms with van der Waals surface area (Å²) >= 11 is 0. The van der Waals surface area contributed by atoms with Gasteiger partial charge < -0.3 is 19.5 Å². The summed E-state index contributed by atoms with van der Waals surface area (Å²) in [5.41, 5.74) is 2.73. The lowest BCUT2D eigenvalue weighted by Crippen LogP contribution is -2.62. The number of fused-ring (bicyclic) bond motifs is 1. The number of amides is 1. The second-order valence-corrected chi connectivity index (χ2v) is 12.2. The third-order valence-corrected chi connectivity index (χ3v) is 8.58. The van der Waals surface area contributed by atoms with Crippen LogP contribution in [0.4, 0.5) is 10.1 Å². The molecule has 2 aromatic rings. The zero-order chi connectivity index (χ0) is 27.9. The standard InChI is InChI=1S/C30H42FN5O3/c1-20-15-35(25(14-32-20)16-34-10-11-39-18-21(34)2)17-27(37)36-19-30(3,4)28-26(36)13-23(29(38)33(28)5)12-22-6-8-24(31)9-7-22/h6-9,13,20-21,25,32H,10-12,14-19H2,1-5H3/t20-,21-,25-/m1/s1. The number of nitrogens with one attached hydrogen (secondary N) is 1. The molecule has 212 valence electrons. The van der Waals surface area contributed by atoms with E-state index in [9.17, 15) is 14.0 Å². The van der Waals surface area contributed by atoms with Crippen LogP contribution >= 0.6 is 0 Å². The van der Waals surface area contributed by atoms with Crippen LogP contribution in [0.15, 0.2) is 35.1 Å². The van der Waals surface area contributed by atoms with E-state index in [0.717, 1.165) is 56.3 Å². The number of halogens is 1. The Kier molecular flexibility index (Phi) is 7.97. The predicted octanol–water partition coefficient (Wildman–Crippen LogP) is 2.12. The van der Waals surface area contributed by atoms with Gasteiger partial charge in [0, 0.05) is 75.3 Å². The molecule has 0 aliphatic carbocycles. The van der Waals surface area contributed by atoms with E-state index in [4.69, 9.17) is 4.74 Å². The number of aromatic nitrogens is 1. The van der Waals surface area contributed by atoms with E-state index in [1.54, 1.807) is 23.7 Å². The highest BCUT2D eigenvalue weighted by atomic mass is 19.1. The fourth-order valence-corrected chi connectivity index (χ4v) is 6.48. The second kappa shape index (κ2) is 11.1. The van der Waals surface area contributed by atoms with Crippen molar-refractivity contribution in [1.29, 1.82) is 0 Å². The molecule has 0 unspecified atom stereocenters. The van der Waals surface area contributed by atoms with Crippen LogP contribution in [0.2, 0.25) is 0 Å². The van der Waals surface area contributed by atoms with Gasteiger partial charge in [-0.2, -0.15) is 0 Å². The molecular weight excluding hydrogens is 497 g/mol. The average Bonchev–Trinajstić information content (AvgIpc) is 3.16. The number of hydrogen-bond acceptors (Lipinski definition) is 6. The maximum absolute atomic E-state index is 14.0. The summed E-state index contributed by atoms with van der Waals surface area (Å²) in [4.78, 5) is 34.0. The summed E-state index contributed by atoms with van der Waals surface area (Å²) < 4.78 is 20.8. The number of carbonyl (C=O) groups excluding carboxylic acids is 1. The summed E-state index contributed by atoms with van der Waals surface area (Å²) in [6.45, 7) is 14.4. The summed E-state index contributed by atoms with van der Waals surface area (Å²) in [5, 5.41) is 3.60. The zero-order valence-electron chi connectivity index (χ0n) is 23.9. The average molecular weight is 540 g/mol. The molecule has 2 saturated heterocycles. The Bertz CT molecular complexity index is 1260. The molecule has 3 atom stereocenters. The van der Waals surface area contributed by atoms with Crippen LogP contribution in [0.25, 0.3) is 0 Å². The number of pyridine rings is 1. The molecule has 3 aliphatic rings. The smallest absolute Gasteiger partial charge is 0.254 e. The fourth-order valence-electron chi connectivity index (χ4n) is 6.48. The number of hydrogen-bond donors (Lipinski definition) is 1. The Hall–Kier alpha value is -2.59. The number of anilines is 1. The van der Waals surface area contributed by atoms with Gasteiger partial charge in [-0.15, -0.1) is 0 Å². The van der Waals surface area contributed by atoms with E-state index >= 15 is 0 Å². The molecule has 4 heterocycles. The quantitative estimate of drug-likeness (QED) is 0.607. The number of carbonyl (C=O) groups is 1. The van der Waals surface area contributed by atoms with Crippen molar-refractivity contribution in [1.82, 2.24) is 19.7 Å². The van der Waals surface area contributed by atoms with Crippen molar-refractivity contribution in [2.75, 3.05) is 57.4 Å². The Balaban J connectivity index is 1.39. The van der Waals surface area contributed by atoms with Crippen LogP contribution < -0.4 is 15.8 Å². The molecule has 0 saturated carbocycles. The summed E-state index contributed by atoms with van der Waals surface area (Å²) in [7, 11) is 1.79. The van der Waals surface area contributed by atoms with Gasteiger partial charge in [0.25, 0.3) is 5.56 Å². The topological polar surface area (TPSA) is 70.1 Å². The molecule has 8 nitrogen and oxygen atoms in total. The zero-order valence-corrected chi connectivity index (χ0v) is 23.9. The highest BCUT2D eigenvalue weighted by Gasteiger charge is 2.42. The molecule has 3 aliphatic heterocycles. The molecule has 1 aromatic carbocycles. The summed E-state index contributed by atoms with van der Waals surface area (Å²) in [6.07, 6.45) is 0.387. The van der Waals surface area contributed by atoms with E-state index < -0.39 is 0 Å². The van der Waals surface area contributed by atoms with Gasteiger partial charge in [0.2, 0.25) is 5.91 Å². The van der Waals surface area contributed by atoms with Crippen molar-refractivity contribution in [3.8, 4) is 0 Å². The molecule has 2 fully saturated rings. The molecule has 1 aromatic heterocycles. The van der Waals surface area contributed by atoms with Gasteiger partial charge in [0.15, 0.2) is 0 Å². The van der Waals surface area contributed by atoms with Crippen molar-refractivity contribution in [2.45, 2.75) is 57.7 Å². The Morgan fingerprint density at radius 2 is 1.92 bits per heavy atom. The monoisotopic (exact) mass is 539 g/mol. The van der Waals surface area contributed by atoms with E-state index in [-0.39, 0.29) is 28.7 Å². The minimum Gasteiger partial charge on any atom is -0.379 e. The number of ether oxygens (including phenoxy) is 1. The largest absolute Gasteiger partial charge is 0.379 e.